The van der Waals surface area contributed by atoms with Gasteiger partial charge in [-0.1, -0.05) is 6.07 Å². The smallest absolute Gasteiger partial charge is 0.416 e. The number of anilines is 2. The Labute approximate surface area is 197 Å². The molecule has 0 atom stereocenters. The summed E-state index contributed by atoms with van der Waals surface area (Å²) in [4.78, 5) is 20.8. The number of hydrogen-bond acceptors (Lipinski definition) is 6. The Balaban J connectivity index is 1.46. The van der Waals surface area contributed by atoms with E-state index in [2.05, 4.69) is 25.7 Å². The molecule has 0 fully saturated rings. The number of ether oxygens (including phenoxy) is 2. The SMILES string of the molecule is COc1ccc(C(F)(F)F)cc1NC(=O)Nc1cccc(Oc2cc(-c3cnn(C)c3)ncn2)c1. The number of halogens is 3. The van der Waals surface area contributed by atoms with Gasteiger partial charge in [0.05, 0.1) is 30.3 Å². The fraction of sp³-hybridized carbons (Fsp3) is 0.130. The number of rotatable bonds is 6. The second-order valence-corrected chi connectivity index (χ2v) is 7.27. The maximum absolute atomic E-state index is 13.0. The highest BCUT2D eigenvalue weighted by atomic mass is 19.4. The van der Waals surface area contributed by atoms with Gasteiger partial charge < -0.3 is 20.1 Å². The molecular weight excluding hydrogens is 465 g/mol. The van der Waals surface area contributed by atoms with Gasteiger partial charge in [0.15, 0.2) is 0 Å². The normalized spacial score (nSPS) is 11.1. The number of aromatic nitrogens is 4. The van der Waals surface area contributed by atoms with Crippen LogP contribution in [0.3, 0.4) is 0 Å². The molecule has 2 amide bonds. The average molecular weight is 484 g/mol. The molecule has 0 saturated carbocycles. The van der Waals surface area contributed by atoms with Crippen LogP contribution in [0, 0.1) is 0 Å². The molecule has 35 heavy (non-hydrogen) atoms. The molecule has 180 valence electrons. The van der Waals surface area contributed by atoms with Crippen LogP contribution in [0.5, 0.6) is 17.4 Å². The Bertz CT molecular complexity index is 1360. The summed E-state index contributed by atoms with van der Waals surface area (Å²) in [5.74, 6) is 0.725. The van der Waals surface area contributed by atoms with Crippen molar-refractivity contribution in [3.05, 3.63) is 72.8 Å². The molecule has 0 radical (unpaired) electrons. The van der Waals surface area contributed by atoms with Crippen molar-refractivity contribution in [2.75, 3.05) is 17.7 Å². The number of hydrogen-bond donors (Lipinski definition) is 2. The lowest BCUT2D eigenvalue weighted by atomic mass is 10.2. The molecule has 0 unspecified atom stereocenters. The lowest BCUT2D eigenvalue weighted by Gasteiger charge is -2.14. The topological polar surface area (TPSA) is 103 Å². The fourth-order valence-electron chi connectivity index (χ4n) is 3.13. The number of alkyl halides is 3. The van der Waals surface area contributed by atoms with Crippen molar-refractivity contribution in [1.29, 1.82) is 0 Å². The van der Waals surface area contributed by atoms with Crippen molar-refractivity contribution >= 4 is 17.4 Å². The number of carbonyl (C=O) groups excluding carboxylic acids is 1. The summed E-state index contributed by atoms with van der Waals surface area (Å²) in [6, 6.07) is 10.1. The molecule has 0 saturated heterocycles. The molecule has 0 aliphatic heterocycles. The van der Waals surface area contributed by atoms with Crippen LogP contribution in [0.2, 0.25) is 0 Å². The number of nitrogens with one attached hydrogen (secondary N) is 2. The van der Waals surface area contributed by atoms with Crippen LogP contribution in [0.1, 0.15) is 5.56 Å². The molecule has 0 spiro atoms. The highest BCUT2D eigenvalue weighted by molar-refractivity contribution is 6.00. The van der Waals surface area contributed by atoms with Crippen molar-refractivity contribution in [3.63, 3.8) is 0 Å². The quantitative estimate of drug-likeness (QED) is 0.383. The zero-order valence-electron chi connectivity index (χ0n) is 18.5. The van der Waals surface area contributed by atoms with Crippen LogP contribution in [0.4, 0.5) is 29.3 Å². The molecule has 0 aliphatic carbocycles. The number of benzene rings is 2. The van der Waals surface area contributed by atoms with Gasteiger partial charge >= 0.3 is 12.2 Å². The maximum atomic E-state index is 13.0. The summed E-state index contributed by atoms with van der Waals surface area (Å²) in [5.41, 5.74) is 0.701. The van der Waals surface area contributed by atoms with Gasteiger partial charge in [-0.2, -0.15) is 18.3 Å². The number of aryl methyl sites for hydroxylation is 1. The summed E-state index contributed by atoms with van der Waals surface area (Å²) < 4.78 is 51.6. The van der Waals surface area contributed by atoms with Gasteiger partial charge in [-0.15, -0.1) is 0 Å². The minimum absolute atomic E-state index is 0.0819. The van der Waals surface area contributed by atoms with Crippen molar-refractivity contribution in [1.82, 2.24) is 19.7 Å². The Morgan fingerprint density at radius 1 is 1.06 bits per heavy atom. The number of carbonyl (C=O) groups is 1. The molecule has 2 N–H and O–H groups in total. The summed E-state index contributed by atoms with van der Waals surface area (Å²) in [6.45, 7) is 0. The van der Waals surface area contributed by atoms with Crippen LogP contribution in [-0.2, 0) is 13.2 Å². The molecule has 9 nitrogen and oxygen atoms in total. The van der Waals surface area contributed by atoms with E-state index in [4.69, 9.17) is 9.47 Å². The van der Waals surface area contributed by atoms with Crippen LogP contribution >= 0.6 is 0 Å². The lowest BCUT2D eigenvalue weighted by molar-refractivity contribution is -0.137. The van der Waals surface area contributed by atoms with Crippen LogP contribution in [0.15, 0.2) is 67.3 Å². The highest BCUT2D eigenvalue weighted by Crippen LogP contribution is 2.35. The van der Waals surface area contributed by atoms with Gasteiger partial charge in [-0.25, -0.2) is 14.8 Å². The first-order valence-electron chi connectivity index (χ1n) is 10.1. The van der Waals surface area contributed by atoms with E-state index < -0.39 is 17.8 Å². The second-order valence-electron chi connectivity index (χ2n) is 7.27. The van der Waals surface area contributed by atoms with Crippen molar-refractivity contribution in [3.8, 4) is 28.6 Å². The first-order chi connectivity index (χ1) is 16.7. The Hall–Kier alpha value is -4.61. The van der Waals surface area contributed by atoms with Crippen LogP contribution < -0.4 is 20.1 Å². The van der Waals surface area contributed by atoms with E-state index in [0.29, 0.717) is 17.1 Å². The third-order valence-electron chi connectivity index (χ3n) is 4.73. The zero-order valence-corrected chi connectivity index (χ0v) is 18.5. The van der Waals surface area contributed by atoms with Crippen molar-refractivity contribution in [2.24, 2.45) is 7.05 Å². The number of amides is 2. The summed E-state index contributed by atoms with van der Waals surface area (Å²) in [6.07, 6.45) is 0.252. The third-order valence-corrected chi connectivity index (χ3v) is 4.73. The Kier molecular flexibility index (Phi) is 6.53. The van der Waals surface area contributed by atoms with Crippen LogP contribution in [0.25, 0.3) is 11.3 Å². The minimum atomic E-state index is -4.57. The molecule has 2 aromatic carbocycles. The number of nitrogens with zero attached hydrogens (tertiary/aromatic N) is 4. The lowest BCUT2D eigenvalue weighted by Crippen LogP contribution is -2.20. The molecule has 4 aromatic rings. The van der Waals surface area contributed by atoms with Gasteiger partial charge in [0.25, 0.3) is 0 Å². The molecule has 0 bridgehead atoms. The van der Waals surface area contributed by atoms with Crippen LogP contribution in [-0.4, -0.2) is 32.9 Å². The van der Waals surface area contributed by atoms with E-state index >= 15 is 0 Å². The van der Waals surface area contributed by atoms with Gasteiger partial charge in [-0.3, -0.25) is 4.68 Å². The van der Waals surface area contributed by atoms with Gasteiger partial charge in [0.2, 0.25) is 5.88 Å². The second kappa shape index (κ2) is 9.71. The van der Waals surface area contributed by atoms with Crippen molar-refractivity contribution < 1.29 is 27.4 Å². The van der Waals surface area contributed by atoms with E-state index in [9.17, 15) is 18.0 Å². The summed E-state index contributed by atoms with van der Waals surface area (Å²) >= 11 is 0. The molecule has 2 heterocycles. The van der Waals surface area contributed by atoms with Gasteiger partial charge in [-0.05, 0) is 30.3 Å². The Morgan fingerprint density at radius 2 is 1.89 bits per heavy atom. The first kappa shape index (κ1) is 23.5. The predicted molar refractivity (Wildman–Crippen MR) is 121 cm³/mol. The molecule has 12 heteroatoms. The third kappa shape index (κ3) is 5.85. The summed E-state index contributed by atoms with van der Waals surface area (Å²) in [7, 11) is 3.08. The number of urea groups is 1. The average Bonchev–Trinajstić information content (AvgIpc) is 3.25. The van der Waals surface area contributed by atoms with E-state index in [1.807, 2.05) is 0 Å². The van der Waals surface area contributed by atoms with Gasteiger partial charge in [0, 0.05) is 36.6 Å². The number of methoxy groups -OCH3 is 1. The largest absolute Gasteiger partial charge is 0.495 e. The monoisotopic (exact) mass is 484 g/mol. The molecule has 4 rings (SSSR count). The first-order valence-corrected chi connectivity index (χ1v) is 10.1. The zero-order chi connectivity index (χ0) is 25.0. The molecule has 2 aromatic heterocycles. The van der Waals surface area contributed by atoms with E-state index in [1.54, 1.807) is 48.4 Å². The van der Waals surface area contributed by atoms with Crippen molar-refractivity contribution in [2.45, 2.75) is 6.18 Å². The fourth-order valence-corrected chi connectivity index (χ4v) is 3.13. The molecular formula is C23H19F3N6O3. The minimum Gasteiger partial charge on any atom is -0.495 e. The highest BCUT2D eigenvalue weighted by Gasteiger charge is 2.31. The van der Waals surface area contributed by atoms with E-state index in [0.717, 1.165) is 23.8 Å². The maximum Gasteiger partial charge on any atom is 0.416 e. The summed E-state index contributed by atoms with van der Waals surface area (Å²) in [5, 5.41) is 9.04. The Morgan fingerprint density at radius 3 is 2.60 bits per heavy atom. The predicted octanol–water partition coefficient (Wildman–Crippen LogP) is 5.34. The van der Waals surface area contributed by atoms with E-state index in [-0.39, 0.29) is 17.3 Å². The molecule has 0 aliphatic rings. The van der Waals surface area contributed by atoms with Gasteiger partial charge in [0.1, 0.15) is 17.8 Å². The standard InChI is InChI=1S/C23H19F3N6O3/c1-32-12-14(11-29-32)18-10-21(28-13-27-18)35-17-5-3-4-16(9-17)30-22(33)31-19-8-15(23(24,25)26)6-7-20(19)34-2/h3-13H,1-2H3,(H2,30,31,33). The van der Waals surface area contributed by atoms with E-state index in [1.165, 1.54) is 19.5 Å².